The first-order valence-corrected chi connectivity index (χ1v) is 8.92. The van der Waals surface area contributed by atoms with Crippen LogP contribution in [0.4, 0.5) is 0 Å². The number of piperazine rings is 1. The van der Waals surface area contributed by atoms with Crippen molar-refractivity contribution in [2.24, 2.45) is 0 Å². The Bertz CT molecular complexity index is 792. The van der Waals surface area contributed by atoms with Crippen molar-refractivity contribution in [1.82, 2.24) is 10.2 Å². The Balaban J connectivity index is 1.73. The molecule has 1 fully saturated rings. The van der Waals surface area contributed by atoms with Gasteiger partial charge in [0.15, 0.2) is 0 Å². The van der Waals surface area contributed by atoms with E-state index >= 15 is 0 Å². The SMILES string of the molecule is COc1ccc(CCC(=O)N2CCNC(=O)C2c2ccccc2Cl)cc1. The van der Waals surface area contributed by atoms with Gasteiger partial charge in [-0.2, -0.15) is 0 Å². The maximum absolute atomic E-state index is 12.8. The van der Waals surface area contributed by atoms with E-state index < -0.39 is 6.04 Å². The van der Waals surface area contributed by atoms with E-state index in [9.17, 15) is 9.59 Å². The van der Waals surface area contributed by atoms with E-state index in [1.54, 1.807) is 24.1 Å². The number of methoxy groups -OCH3 is 1. The highest BCUT2D eigenvalue weighted by molar-refractivity contribution is 6.31. The first kappa shape index (κ1) is 18.3. The van der Waals surface area contributed by atoms with Crippen LogP contribution in [-0.2, 0) is 16.0 Å². The highest BCUT2D eigenvalue weighted by atomic mass is 35.5. The van der Waals surface area contributed by atoms with Crippen LogP contribution in [0.5, 0.6) is 5.75 Å². The summed E-state index contributed by atoms with van der Waals surface area (Å²) in [5, 5.41) is 3.31. The Morgan fingerprint density at radius 3 is 2.65 bits per heavy atom. The van der Waals surface area contributed by atoms with Crippen molar-refractivity contribution in [2.75, 3.05) is 20.2 Å². The molecule has 3 rings (SSSR count). The standard InChI is InChI=1S/C20H21ClN2O3/c1-26-15-9-6-14(7-10-15)8-11-18(24)23-13-12-22-20(25)19(23)16-4-2-3-5-17(16)21/h2-7,9-10,19H,8,11-13H2,1H3,(H,22,25). The third kappa shape index (κ3) is 3.99. The van der Waals surface area contributed by atoms with Gasteiger partial charge in [0, 0.05) is 30.1 Å². The number of hydrogen-bond acceptors (Lipinski definition) is 3. The molecule has 136 valence electrons. The molecule has 5 nitrogen and oxygen atoms in total. The second-order valence-corrected chi connectivity index (χ2v) is 6.56. The summed E-state index contributed by atoms with van der Waals surface area (Å²) in [6.07, 6.45) is 0.941. The van der Waals surface area contributed by atoms with Gasteiger partial charge in [-0.05, 0) is 30.2 Å². The summed E-state index contributed by atoms with van der Waals surface area (Å²) in [6, 6.07) is 14.1. The number of rotatable bonds is 5. The molecule has 1 unspecified atom stereocenters. The molecule has 1 N–H and O–H groups in total. The van der Waals surface area contributed by atoms with E-state index in [-0.39, 0.29) is 11.8 Å². The smallest absolute Gasteiger partial charge is 0.247 e. The van der Waals surface area contributed by atoms with Gasteiger partial charge >= 0.3 is 0 Å². The Morgan fingerprint density at radius 1 is 1.23 bits per heavy atom. The minimum absolute atomic E-state index is 0.0550. The summed E-state index contributed by atoms with van der Waals surface area (Å²) in [5.74, 6) is 0.536. The maximum Gasteiger partial charge on any atom is 0.247 e. The van der Waals surface area contributed by atoms with Crippen molar-refractivity contribution in [1.29, 1.82) is 0 Å². The van der Waals surface area contributed by atoms with E-state index in [0.717, 1.165) is 11.3 Å². The fraction of sp³-hybridized carbons (Fsp3) is 0.300. The predicted octanol–water partition coefficient (Wildman–Crippen LogP) is 2.98. The number of carbonyl (C=O) groups is 2. The molecule has 2 aromatic rings. The molecule has 0 aromatic heterocycles. The zero-order chi connectivity index (χ0) is 18.5. The molecule has 0 spiro atoms. The van der Waals surface area contributed by atoms with Gasteiger partial charge in [0.1, 0.15) is 11.8 Å². The van der Waals surface area contributed by atoms with Crippen LogP contribution in [0.25, 0.3) is 0 Å². The van der Waals surface area contributed by atoms with Gasteiger partial charge in [-0.1, -0.05) is 41.9 Å². The first-order valence-electron chi connectivity index (χ1n) is 8.54. The Hall–Kier alpha value is -2.53. The zero-order valence-corrected chi connectivity index (χ0v) is 15.3. The number of benzene rings is 2. The summed E-state index contributed by atoms with van der Waals surface area (Å²) in [6.45, 7) is 0.928. The average molecular weight is 373 g/mol. The number of ether oxygens (including phenoxy) is 1. The molecule has 6 heteroatoms. The molecular formula is C20H21ClN2O3. The molecule has 0 saturated carbocycles. The van der Waals surface area contributed by atoms with Crippen LogP contribution < -0.4 is 10.1 Å². The van der Waals surface area contributed by atoms with E-state index in [0.29, 0.717) is 36.5 Å². The lowest BCUT2D eigenvalue weighted by atomic mass is 10.0. The highest BCUT2D eigenvalue weighted by Gasteiger charge is 2.35. The molecule has 2 aromatic carbocycles. The summed E-state index contributed by atoms with van der Waals surface area (Å²) in [7, 11) is 1.62. The Kier molecular flexibility index (Phi) is 5.78. The van der Waals surface area contributed by atoms with E-state index in [1.807, 2.05) is 36.4 Å². The number of hydrogen-bond donors (Lipinski definition) is 1. The van der Waals surface area contributed by atoms with E-state index in [2.05, 4.69) is 5.32 Å². The zero-order valence-electron chi connectivity index (χ0n) is 14.6. The molecule has 1 heterocycles. The van der Waals surface area contributed by atoms with Gasteiger partial charge in [0.05, 0.1) is 7.11 Å². The van der Waals surface area contributed by atoms with Crippen molar-refractivity contribution in [3.05, 3.63) is 64.7 Å². The highest BCUT2D eigenvalue weighted by Crippen LogP contribution is 2.30. The van der Waals surface area contributed by atoms with Crippen LogP contribution >= 0.6 is 11.6 Å². The van der Waals surface area contributed by atoms with Crippen LogP contribution in [0.2, 0.25) is 5.02 Å². The lowest BCUT2D eigenvalue weighted by Gasteiger charge is -2.35. The van der Waals surface area contributed by atoms with Gasteiger partial charge in [0.25, 0.3) is 0 Å². The average Bonchev–Trinajstić information content (AvgIpc) is 2.67. The monoisotopic (exact) mass is 372 g/mol. The topological polar surface area (TPSA) is 58.6 Å². The quantitative estimate of drug-likeness (QED) is 0.877. The van der Waals surface area contributed by atoms with E-state index in [4.69, 9.17) is 16.3 Å². The van der Waals surface area contributed by atoms with Crippen molar-refractivity contribution in [2.45, 2.75) is 18.9 Å². The summed E-state index contributed by atoms with van der Waals surface area (Å²) >= 11 is 6.26. The van der Waals surface area contributed by atoms with Gasteiger partial charge in [-0.25, -0.2) is 0 Å². The van der Waals surface area contributed by atoms with Crippen molar-refractivity contribution in [3.8, 4) is 5.75 Å². The normalized spacial score (nSPS) is 16.9. The molecule has 0 aliphatic carbocycles. The first-order chi connectivity index (χ1) is 12.6. The van der Waals surface area contributed by atoms with Crippen LogP contribution in [-0.4, -0.2) is 36.9 Å². The van der Waals surface area contributed by atoms with Gasteiger partial charge < -0.3 is 15.0 Å². The Labute approximate surface area is 157 Å². The lowest BCUT2D eigenvalue weighted by molar-refractivity contribution is -0.143. The molecule has 2 amide bonds. The summed E-state index contributed by atoms with van der Waals surface area (Å²) in [4.78, 5) is 26.9. The number of carbonyl (C=O) groups excluding carboxylic acids is 2. The van der Waals surface area contributed by atoms with Gasteiger partial charge in [-0.15, -0.1) is 0 Å². The minimum atomic E-state index is -0.680. The van der Waals surface area contributed by atoms with Crippen molar-refractivity contribution in [3.63, 3.8) is 0 Å². The second kappa shape index (κ2) is 8.23. The lowest BCUT2D eigenvalue weighted by Crippen LogP contribution is -2.52. The summed E-state index contributed by atoms with van der Waals surface area (Å²) < 4.78 is 5.14. The largest absolute Gasteiger partial charge is 0.497 e. The number of nitrogens with zero attached hydrogens (tertiary/aromatic N) is 1. The molecule has 1 aliphatic heterocycles. The molecular weight excluding hydrogens is 352 g/mol. The second-order valence-electron chi connectivity index (χ2n) is 6.15. The molecule has 26 heavy (non-hydrogen) atoms. The van der Waals surface area contributed by atoms with Crippen LogP contribution in [0.3, 0.4) is 0 Å². The fourth-order valence-corrected chi connectivity index (χ4v) is 3.37. The minimum Gasteiger partial charge on any atom is -0.497 e. The number of amides is 2. The van der Waals surface area contributed by atoms with E-state index in [1.165, 1.54) is 0 Å². The molecule has 0 bridgehead atoms. The number of nitrogens with one attached hydrogen (secondary N) is 1. The molecule has 1 saturated heterocycles. The third-order valence-corrected chi connectivity index (χ3v) is 4.86. The summed E-state index contributed by atoms with van der Waals surface area (Å²) in [5.41, 5.74) is 1.71. The number of aryl methyl sites for hydroxylation is 1. The fourth-order valence-electron chi connectivity index (χ4n) is 3.13. The Morgan fingerprint density at radius 2 is 1.96 bits per heavy atom. The van der Waals surface area contributed by atoms with Crippen molar-refractivity contribution >= 4 is 23.4 Å². The van der Waals surface area contributed by atoms with Gasteiger partial charge in [0.2, 0.25) is 11.8 Å². The molecule has 1 aliphatic rings. The van der Waals surface area contributed by atoms with Crippen LogP contribution in [0, 0.1) is 0 Å². The maximum atomic E-state index is 12.8. The van der Waals surface area contributed by atoms with Gasteiger partial charge in [-0.3, -0.25) is 9.59 Å². The van der Waals surface area contributed by atoms with Crippen LogP contribution in [0.15, 0.2) is 48.5 Å². The van der Waals surface area contributed by atoms with Crippen LogP contribution in [0.1, 0.15) is 23.6 Å². The van der Waals surface area contributed by atoms with Crippen molar-refractivity contribution < 1.29 is 14.3 Å². The number of halogens is 1. The predicted molar refractivity (Wildman–Crippen MR) is 100 cm³/mol. The molecule has 1 atom stereocenters. The molecule has 0 radical (unpaired) electrons. The third-order valence-electron chi connectivity index (χ3n) is 4.52.